The lowest BCUT2D eigenvalue weighted by Crippen LogP contribution is -2.05. The summed E-state index contributed by atoms with van der Waals surface area (Å²) >= 11 is 0. The minimum absolute atomic E-state index is 0.136. The second-order valence-corrected chi connectivity index (χ2v) is 5.26. The summed E-state index contributed by atoms with van der Waals surface area (Å²) in [6, 6.07) is 15.9. The zero-order valence-corrected chi connectivity index (χ0v) is 12.0. The Balaban J connectivity index is 2.23. The molecule has 0 aromatic heterocycles. The Labute approximate surface area is 123 Å². The monoisotopic (exact) mass is 278 g/mol. The standard InChI is InChI=1S/C19H15FO/c1-12-8-10-17(16-6-4-3-5-15(12)16)19(21)18-11-14(20)9-7-13(18)2/h3-11H,1-2H3. The molecule has 21 heavy (non-hydrogen) atoms. The van der Waals surface area contributed by atoms with Gasteiger partial charge in [-0.1, -0.05) is 42.5 Å². The van der Waals surface area contributed by atoms with Crippen molar-refractivity contribution in [2.45, 2.75) is 13.8 Å². The molecule has 1 nitrogen and oxygen atoms in total. The maximum absolute atomic E-state index is 13.4. The molecule has 0 atom stereocenters. The molecule has 0 aliphatic rings. The van der Waals surface area contributed by atoms with Crippen LogP contribution in [-0.2, 0) is 0 Å². The van der Waals surface area contributed by atoms with Crippen molar-refractivity contribution in [1.29, 1.82) is 0 Å². The molecule has 0 unspecified atom stereocenters. The molecule has 0 aliphatic heterocycles. The van der Waals surface area contributed by atoms with Crippen LogP contribution in [0.3, 0.4) is 0 Å². The predicted octanol–water partition coefficient (Wildman–Crippen LogP) is 4.83. The number of carbonyl (C=O) groups excluding carboxylic acids is 1. The number of rotatable bonds is 2. The maximum Gasteiger partial charge on any atom is 0.194 e. The van der Waals surface area contributed by atoms with Gasteiger partial charge >= 0.3 is 0 Å². The van der Waals surface area contributed by atoms with Crippen LogP contribution in [0.15, 0.2) is 54.6 Å². The molecule has 0 amide bonds. The summed E-state index contributed by atoms with van der Waals surface area (Å²) in [5, 5.41) is 1.96. The number of halogens is 1. The van der Waals surface area contributed by atoms with E-state index >= 15 is 0 Å². The van der Waals surface area contributed by atoms with E-state index in [-0.39, 0.29) is 11.6 Å². The van der Waals surface area contributed by atoms with Gasteiger partial charge in [-0.3, -0.25) is 4.79 Å². The van der Waals surface area contributed by atoms with Gasteiger partial charge in [0.05, 0.1) is 0 Å². The summed E-state index contributed by atoms with van der Waals surface area (Å²) in [7, 11) is 0. The molecule has 3 aromatic carbocycles. The SMILES string of the molecule is Cc1ccc(F)cc1C(=O)c1ccc(C)c2ccccc12. The van der Waals surface area contributed by atoms with Crippen LogP contribution in [0.4, 0.5) is 4.39 Å². The van der Waals surface area contributed by atoms with Crippen LogP contribution < -0.4 is 0 Å². The lowest BCUT2D eigenvalue weighted by Gasteiger charge is -2.10. The first-order valence-electron chi connectivity index (χ1n) is 6.87. The number of hydrogen-bond acceptors (Lipinski definition) is 1. The summed E-state index contributed by atoms with van der Waals surface area (Å²) < 4.78 is 13.4. The van der Waals surface area contributed by atoms with E-state index in [1.54, 1.807) is 6.07 Å². The van der Waals surface area contributed by atoms with E-state index in [2.05, 4.69) is 0 Å². The second-order valence-electron chi connectivity index (χ2n) is 5.26. The van der Waals surface area contributed by atoms with Gasteiger partial charge in [0.2, 0.25) is 0 Å². The van der Waals surface area contributed by atoms with Gasteiger partial charge in [-0.05, 0) is 47.9 Å². The highest BCUT2D eigenvalue weighted by Crippen LogP contribution is 2.25. The number of carbonyl (C=O) groups is 1. The lowest BCUT2D eigenvalue weighted by molar-refractivity contribution is 0.103. The average Bonchev–Trinajstić information content (AvgIpc) is 2.50. The normalized spacial score (nSPS) is 10.8. The second kappa shape index (κ2) is 5.13. The van der Waals surface area contributed by atoms with E-state index in [1.807, 2.05) is 50.2 Å². The minimum Gasteiger partial charge on any atom is -0.289 e. The average molecular weight is 278 g/mol. The molecule has 0 saturated heterocycles. The molecule has 0 fully saturated rings. The summed E-state index contributed by atoms with van der Waals surface area (Å²) in [4.78, 5) is 12.8. The van der Waals surface area contributed by atoms with Gasteiger partial charge in [-0.15, -0.1) is 0 Å². The van der Waals surface area contributed by atoms with Crippen LogP contribution in [0.1, 0.15) is 27.0 Å². The van der Waals surface area contributed by atoms with Crippen LogP contribution in [0, 0.1) is 19.7 Å². The molecule has 0 bridgehead atoms. The van der Waals surface area contributed by atoms with E-state index < -0.39 is 0 Å². The summed E-state index contributed by atoms with van der Waals surface area (Å²) in [6.07, 6.45) is 0. The van der Waals surface area contributed by atoms with Gasteiger partial charge in [0, 0.05) is 11.1 Å². The van der Waals surface area contributed by atoms with Crippen molar-refractivity contribution in [1.82, 2.24) is 0 Å². The fraction of sp³-hybridized carbons (Fsp3) is 0.105. The topological polar surface area (TPSA) is 17.1 Å². The molecule has 0 spiro atoms. The fourth-order valence-corrected chi connectivity index (χ4v) is 2.63. The first kappa shape index (κ1) is 13.5. The van der Waals surface area contributed by atoms with Crippen molar-refractivity contribution in [3.8, 4) is 0 Å². The summed E-state index contributed by atoms with van der Waals surface area (Å²) in [5.74, 6) is -0.524. The Kier molecular flexibility index (Phi) is 3.30. The first-order chi connectivity index (χ1) is 10.1. The zero-order chi connectivity index (χ0) is 15.0. The van der Waals surface area contributed by atoms with Crippen LogP contribution in [-0.4, -0.2) is 5.78 Å². The van der Waals surface area contributed by atoms with E-state index in [0.29, 0.717) is 11.1 Å². The van der Waals surface area contributed by atoms with Gasteiger partial charge in [0.25, 0.3) is 0 Å². The fourth-order valence-electron chi connectivity index (χ4n) is 2.63. The summed E-state index contributed by atoms with van der Waals surface area (Å²) in [6.45, 7) is 3.84. The number of aryl methyl sites for hydroxylation is 2. The van der Waals surface area contributed by atoms with Crippen molar-refractivity contribution in [2.75, 3.05) is 0 Å². The van der Waals surface area contributed by atoms with Gasteiger partial charge in [-0.2, -0.15) is 0 Å². The molecule has 3 aromatic rings. The van der Waals surface area contributed by atoms with E-state index in [1.165, 1.54) is 12.1 Å². The maximum atomic E-state index is 13.4. The quantitative estimate of drug-likeness (QED) is 0.614. The van der Waals surface area contributed by atoms with Crippen molar-refractivity contribution >= 4 is 16.6 Å². The number of ketones is 1. The molecule has 0 saturated carbocycles. The van der Waals surface area contributed by atoms with Gasteiger partial charge < -0.3 is 0 Å². The number of benzene rings is 3. The molecule has 3 rings (SSSR count). The van der Waals surface area contributed by atoms with Crippen LogP contribution in [0.25, 0.3) is 10.8 Å². The third kappa shape index (κ3) is 2.33. The highest BCUT2D eigenvalue weighted by molar-refractivity contribution is 6.17. The molecule has 0 aliphatic carbocycles. The molecule has 2 heteroatoms. The van der Waals surface area contributed by atoms with Crippen molar-refractivity contribution in [2.24, 2.45) is 0 Å². The Morgan fingerprint density at radius 3 is 2.24 bits per heavy atom. The first-order valence-corrected chi connectivity index (χ1v) is 6.87. The Morgan fingerprint density at radius 1 is 0.810 bits per heavy atom. The van der Waals surface area contributed by atoms with Crippen LogP contribution in [0.5, 0.6) is 0 Å². The molecular weight excluding hydrogens is 263 g/mol. The van der Waals surface area contributed by atoms with Crippen molar-refractivity contribution in [3.05, 3.63) is 82.7 Å². The lowest BCUT2D eigenvalue weighted by atomic mass is 9.93. The zero-order valence-electron chi connectivity index (χ0n) is 12.0. The largest absolute Gasteiger partial charge is 0.289 e. The molecule has 0 radical (unpaired) electrons. The van der Waals surface area contributed by atoms with Gasteiger partial charge in [-0.25, -0.2) is 4.39 Å². The Hall–Kier alpha value is -2.48. The van der Waals surface area contributed by atoms with E-state index in [9.17, 15) is 9.18 Å². The summed E-state index contributed by atoms with van der Waals surface area (Å²) in [5.41, 5.74) is 2.94. The Bertz CT molecular complexity index is 849. The molecule has 104 valence electrons. The number of hydrogen-bond donors (Lipinski definition) is 0. The molecule has 0 heterocycles. The third-order valence-electron chi connectivity index (χ3n) is 3.83. The molecular formula is C19H15FO. The van der Waals surface area contributed by atoms with Crippen molar-refractivity contribution < 1.29 is 9.18 Å². The van der Waals surface area contributed by atoms with Crippen LogP contribution in [0.2, 0.25) is 0 Å². The third-order valence-corrected chi connectivity index (χ3v) is 3.83. The van der Waals surface area contributed by atoms with E-state index in [4.69, 9.17) is 0 Å². The molecule has 0 N–H and O–H groups in total. The van der Waals surface area contributed by atoms with Gasteiger partial charge in [0.15, 0.2) is 5.78 Å². The van der Waals surface area contributed by atoms with Gasteiger partial charge in [0.1, 0.15) is 5.82 Å². The van der Waals surface area contributed by atoms with Crippen molar-refractivity contribution in [3.63, 3.8) is 0 Å². The minimum atomic E-state index is -0.389. The highest BCUT2D eigenvalue weighted by atomic mass is 19.1. The van der Waals surface area contributed by atoms with E-state index in [0.717, 1.165) is 21.9 Å². The predicted molar refractivity (Wildman–Crippen MR) is 83.3 cm³/mol. The smallest absolute Gasteiger partial charge is 0.194 e. The highest BCUT2D eigenvalue weighted by Gasteiger charge is 2.15. The number of fused-ring (bicyclic) bond motifs is 1. The Morgan fingerprint density at radius 2 is 1.48 bits per heavy atom. The van der Waals surface area contributed by atoms with Crippen LogP contribution >= 0.6 is 0 Å².